The predicted molar refractivity (Wildman–Crippen MR) is 71.0 cm³/mol. The van der Waals surface area contributed by atoms with Crippen molar-refractivity contribution in [2.24, 2.45) is 0 Å². The number of aromatic carboxylic acids is 1. The molecular formula is C14H13FO3S. The topological polar surface area (TPSA) is 46.5 Å². The minimum atomic E-state index is -1.27. The number of hydrogen-bond acceptors (Lipinski definition) is 3. The van der Waals surface area contributed by atoms with Gasteiger partial charge in [-0.15, -0.1) is 11.3 Å². The molecule has 5 heteroatoms. The number of carbonyl (C=O) groups is 1. The van der Waals surface area contributed by atoms with Crippen molar-refractivity contribution in [2.45, 2.75) is 13.0 Å². The minimum absolute atomic E-state index is 0.284. The Labute approximate surface area is 114 Å². The molecule has 1 aromatic heterocycles. The summed E-state index contributed by atoms with van der Waals surface area (Å²) in [6.45, 7) is 0.840. The molecule has 0 atom stereocenters. The molecule has 0 saturated carbocycles. The van der Waals surface area contributed by atoms with Crippen molar-refractivity contribution >= 4 is 17.3 Å². The third-order valence-electron chi connectivity index (χ3n) is 2.60. The molecule has 0 radical (unpaired) electrons. The summed E-state index contributed by atoms with van der Waals surface area (Å²) in [5.41, 5.74) is 0.337. The van der Waals surface area contributed by atoms with Gasteiger partial charge in [0.05, 0.1) is 18.8 Å². The first-order valence-corrected chi connectivity index (χ1v) is 6.66. The quantitative estimate of drug-likeness (QED) is 0.825. The molecule has 2 rings (SSSR count). The molecule has 0 aliphatic heterocycles. The summed E-state index contributed by atoms with van der Waals surface area (Å²) in [6.07, 6.45) is 0.824. The Hall–Kier alpha value is -1.72. The summed E-state index contributed by atoms with van der Waals surface area (Å²) in [5, 5.41) is 10.8. The smallest absolute Gasteiger partial charge is 0.338 e. The highest BCUT2D eigenvalue weighted by atomic mass is 32.1. The molecule has 19 heavy (non-hydrogen) atoms. The third-order valence-corrected chi connectivity index (χ3v) is 3.54. The number of benzene rings is 1. The van der Waals surface area contributed by atoms with E-state index in [2.05, 4.69) is 0 Å². The van der Waals surface area contributed by atoms with Gasteiger partial charge in [-0.25, -0.2) is 9.18 Å². The van der Waals surface area contributed by atoms with Crippen LogP contribution in [0.2, 0.25) is 0 Å². The average Bonchev–Trinajstić information content (AvgIpc) is 2.89. The van der Waals surface area contributed by atoms with Crippen LogP contribution in [0.4, 0.5) is 4.39 Å². The van der Waals surface area contributed by atoms with Crippen LogP contribution in [-0.2, 0) is 17.8 Å². The normalized spacial score (nSPS) is 10.6. The maximum atomic E-state index is 13.2. The molecule has 0 spiro atoms. The van der Waals surface area contributed by atoms with Gasteiger partial charge in [0.15, 0.2) is 0 Å². The number of thiophene rings is 1. The van der Waals surface area contributed by atoms with Crippen LogP contribution >= 0.6 is 11.3 Å². The molecule has 0 aliphatic rings. The van der Waals surface area contributed by atoms with Crippen LogP contribution in [-0.4, -0.2) is 17.7 Å². The van der Waals surface area contributed by atoms with Crippen LogP contribution in [0.3, 0.4) is 0 Å². The van der Waals surface area contributed by atoms with E-state index < -0.39 is 11.8 Å². The highest BCUT2D eigenvalue weighted by molar-refractivity contribution is 7.09. The Morgan fingerprint density at radius 3 is 2.89 bits per heavy atom. The Morgan fingerprint density at radius 1 is 1.37 bits per heavy atom. The zero-order valence-corrected chi connectivity index (χ0v) is 11.0. The molecule has 1 aromatic carbocycles. The maximum Gasteiger partial charge on any atom is 0.338 e. The Balaban J connectivity index is 1.86. The van der Waals surface area contributed by atoms with Crippen molar-refractivity contribution in [2.75, 3.05) is 6.61 Å². The summed E-state index contributed by atoms with van der Waals surface area (Å²) in [5.74, 6) is -1.99. The van der Waals surface area contributed by atoms with Crippen molar-refractivity contribution in [3.8, 4) is 0 Å². The van der Waals surface area contributed by atoms with Crippen LogP contribution in [0.15, 0.2) is 35.7 Å². The van der Waals surface area contributed by atoms with Gasteiger partial charge in [-0.3, -0.25) is 0 Å². The highest BCUT2D eigenvalue weighted by Gasteiger charge is 2.10. The molecule has 0 saturated heterocycles. The van der Waals surface area contributed by atoms with Crippen LogP contribution in [0.5, 0.6) is 0 Å². The van der Waals surface area contributed by atoms with Crippen LogP contribution in [0.25, 0.3) is 0 Å². The summed E-state index contributed by atoms with van der Waals surface area (Å²) in [4.78, 5) is 12.0. The standard InChI is InChI=1S/C14H13FO3S/c15-13-4-3-10(8-12(13)14(16)17)9-18-6-5-11-2-1-7-19-11/h1-4,7-8H,5-6,9H2,(H,16,17). The van der Waals surface area contributed by atoms with Crippen molar-refractivity contribution in [1.29, 1.82) is 0 Å². The fourth-order valence-electron chi connectivity index (χ4n) is 1.64. The van der Waals surface area contributed by atoms with E-state index in [4.69, 9.17) is 9.84 Å². The molecule has 0 aliphatic carbocycles. The van der Waals surface area contributed by atoms with E-state index >= 15 is 0 Å². The van der Waals surface area contributed by atoms with Crippen LogP contribution < -0.4 is 0 Å². The molecular weight excluding hydrogens is 267 g/mol. The first kappa shape index (κ1) is 13.7. The van der Waals surface area contributed by atoms with E-state index in [9.17, 15) is 9.18 Å². The second-order valence-electron chi connectivity index (χ2n) is 4.00. The Bertz CT molecular complexity index is 552. The van der Waals surface area contributed by atoms with Crippen molar-refractivity contribution in [1.82, 2.24) is 0 Å². The van der Waals surface area contributed by atoms with Crippen molar-refractivity contribution in [3.63, 3.8) is 0 Å². The number of carboxylic acid groups (broad SMARTS) is 1. The third kappa shape index (κ3) is 3.87. The zero-order chi connectivity index (χ0) is 13.7. The summed E-state index contributed by atoms with van der Waals surface area (Å²) in [6, 6.07) is 8.02. The number of rotatable bonds is 6. The molecule has 0 amide bonds. The predicted octanol–water partition coefficient (Wildman–Crippen LogP) is 3.34. The fraction of sp³-hybridized carbons (Fsp3) is 0.214. The van der Waals surface area contributed by atoms with Crippen LogP contribution in [0, 0.1) is 5.82 Å². The molecule has 0 fully saturated rings. The Morgan fingerprint density at radius 2 is 2.21 bits per heavy atom. The second-order valence-corrected chi connectivity index (χ2v) is 5.03. The molecule has 1 N–H and O–H groups in total. The molecule has 2 aromatic rings. The SMILES string of the molecule is O=C(O)c1cc(COCCc2cccs2)ccc1F. The lowest BCUT2D eigenvalue weighted by Crippen LogP contribution is -2.03. The van der Waals surface area contributed by atoms with E-state index in [-0.39, 0.29) is 12.2 Å². The first-order chi connectivity index (χ1) is 9.16. The van der Waals surface area contributed by atoms with E-state index in [1.807, 2.05) is 17.5 Å². The van der Waals surface area contributed by atoms with Gasteiger partial charge in [0.2, 0.25) is 0 Å². The first-order valence-electron chi connectivity index (χ1n) is 5.78. The monoisotopic (exact) mass is 280 g/mol. The number of carboxylic acids is 1. The van der Waals surface area contributed by atoms with Gasteiger partial charge < -0.3 is 9.84 Å². The molecule has 3 nitrogen and oxygen atoms in total. The fourth-order valence-corrected chi connectivity index (χ4v) is 2.33. The molecule has 1 heterocycles. The van der Waals surface area contributed by atoms with Gasteiger partial charge in [0.25, 0.3) is 0 Å². The van der Waals surface area contributed by atoms with E-state index in [0.29, 0.717) is 12.2 Å². The Kier molecular flexibility index (Phi) is 4.65. The number of ether oxygens (including phenoxy) is 1. The van der Waals surface area contributed by atoms with Gasteiger partial charge in [0.1, 0.15) is 5.82 Å². The lowest BCUT2D eigenvalue weighted by atomic mass is 10.1. The summed E-state index contributed by atoms with van der Waals surface area (Å²) in [7, 11) is 0. The van der Waals surface area contributed by atoms with Gasteiger partial charge in [-0.2, -0.15) is 0 Å². The maximum absolute atomic E-state index is 13.2. The zero-order valence-electron chi connectivity index (χ0n) is 10.1. The van der Waals surface area contributed by atoms with E-state index in [0.717, 1.165) is 12.5 Å². The summed E-state index contributed by atoms with van der Waals surface area (Å²) >= 11 is 1.67. The minimum Gasteiger partial charge on any atom is -0.478 e. The van der Waals surface area contributed by atoms with Crippen LogP contribution in [0.1, 0.15) is 20.8 Å². The van der Waals surface area contributed by atoms with Gasteiger partial charge in [-0.1, -0.05) is 12.1 Å². The number of halogens is 1. The lowest BCUT2D eigenvalue weighted by Gasteiger charge is -2.05. The van der Waals surface area contributed by atoms with Gasteiger partial charge in [0, 0.05) is 11.3 Å². The number of hydrogen-bond donors (Lipinski definition) is 1. The second kappa shape index (κ2) is 6.45. The van der Waals surface area contributed by atoms with E-state index in [1.54, 1.807) is 11.3 Å². The average molecular weight is 280 g/mol. The van der Waals surface area contributed by atoms with E-state index in [1.165, 1.54) is 17.0 Å². The largest absolute Gasteiger partial charge is 0.478 e. The highest BCUT2D eigenvalue weighted by Crippen LogP contribution is 2.13. The summed E-state index contributed by atoms with van der Waals surface area (Å²) < 4.78 is 18.6. The molecule has 0 unspecified atom stereocenters. The molecule has 0 bridgehead atoms. The van der Waals surface area contributed by atoms with Gasteiger partial charge in [-0.05, 0) is 29.1 Å². The van der Waals surface area contributed by atoms with Crippen molar-refractivity contribution in [3.05, 3.63) is 57.5 Å². The lowest BCUT2D eigenvalue weighted by molar-refractivity contribution is 0.0691. The molecule has 100 valence electrons. The van der Waals surface area contributed by atoms with Gasteiger partial charge >= 0.3 is 5.97 Å². The van der Waals surface area contributed by atoms with Crippen molar-refractivity contribution < 1.29 is 19.0 Å².